The van der Waals surface area contributed by atoms with Gasteiger partial charge in [0.1, 0.15) is 0 Å². The molecule has 0 aromatic heterocycles. The van der Waals surface area contributed by atoms with Gasteiger partial charge < -0.3 is 10.2 Å². The number of aliphatic hydroxyl groups excluding tert-OH is 2. The summed E-state index contributed by atoms with van der Waals surface area (Å²) in [7, 11) is 0. The highest BCUT2D eigenvalue weighted by Crippen LogP contribution is 2.19. The monoisotopic (exact) mass is 249 g/mol. The Labute approximate surface area is 105 Å². The number of nitro groups is 1. The number of hydrogen-bond acceptors (Lipinski definition) is 4. The second kappa shape index (κ2) is 7.37. The van der Waals surface area contributed by atoms with E-state index in [-0.39, 0.29) is 12.3 Å². The van der Waals surface area contributed by atoms with Crippen LogP contribution in [0.4, 0.5) is 5.69 Å². The number of nitrogens with zero attached hydrogens (tertiary/aromatic N) is 1. The van der Waals surface area contributed by atoms with Crippen LogP contribution < -0.4 is 0 Å². The van der Waals surface area contributed by atoms with Gasteiger partial charge in [-0.2, -0.15) is 0 Å². The van der Waals surface area contributed by atoms with Crippen molar-refractivity contribution in [3.05, 3.63) is 58.2 Å². The second-order valence-corrected chi connectivity index (χ2v) is 3.63. The minimum atomic E-state index is -0.729. The van der Waals surface area contributed by atoms with Crippen molar-refractivity contribution in [2.45, 2.75) is 12.5 Å². The Morgan fingerprint density at radius 2 is 2.06 bits per heavy atom. The predicted molar refractivity (Wildman–Crippen MR) is 69.0 cm³/mol. The zero-order chi connectivity index (χ0) is 13.4. The summed E-state index contributed by atoms with van der Waals surface area (Å²) < 4.78 is 0. The number of aliphatic hydroxyl groups is 2. The quantitative estimate of drug-likeness (QED) is 0.458. The zero-order valence-corrected chi connectivity index (χ0v) is 9.77. The average Bonchev–Trinajstić information content (AvgIpc) is 2.37. The van der Waals surface area contributed by atoms with Crippen LogP contribution in [-0.4, -0.2) is 27.8 Å². The van der Waals surface area contributed by atoms with Gasteiger partial charge in [0, 0.05) is 6.07 Å². The van der Waals surface area contributed by atoms with E-state index in [1.54, 1.807) is 24.3 Å². The van der Waals surface area contributed by atoms with Gasteiger partial charge in [0.05, 0.1) is 23.2 Å². The first-order chi connectivity index (χ1) is 8.65. The lowest BCUT2D eigenvalue weighted by Gasteiger charge is -2.01. The first-order valence-corrected chi connectivity index (χ1v) is 5.50. The largest absolute Gasteiger partial charge is 0.392 e. The van der Waals surface area contributed by atoms with E-state index in [1.165, 1.54) is 24.3 Å². The first kappa shape index (κ1) is 14.1. The van der Waals surface area contributed by atoms with Gasteiger partial charge in [0.15, 0.2) is 0 Å². The van der Waals surface area contributed by atoms with E-state index in [9.17, 15) is 15.2 Å². The maximum atomic E-state index is 10.7. The van der Waals surface area contributed by atoms with E-state index in [4.69, 9.17) is 5.11 Å². The van der Waals surface area contributed by atoms with Gasteiger partial charge in [-0.3, -0.25) is 10.1 Å². The molecular weight excluding hydrogens is 234 g/mol. The molecule has 0 aliphatic rings. The van der Waals surface area contributed by atoms with Gasteiger partial charge in [-0.15, -0.1) is 0 Å². The maximum Gasteiger partial charge on any atom is 0.276 e. The van der Waals surface area contributed by atoms with Crippen LogP contribution in [-0.2, 0) is 0 Å². The summed E-state index contributed by atoms with van der Waals surface area (Å²) in [6, 6.07) is 6.32. The fourth-order valence-corrected chi connectivity index (χ4v) is 1.40. The summed E-state index contributed by atoms with van der Waals surface area (Å²) in [6.07, 6.45) is 5.82. The minimum absolute atomic E-state index is 0.00634. The smallest absolute Gasteiger partial charge is 0.276 e. The van der Waals surface area contributed by atoms with Crippen LogP contribution in [0.5, 0.6) is 0 Å². The van der Waals surface area contributed by atoms with E-state index >= 15 is 0 Å². The van der Waals surface area contributed by atoms with Gasteiger partial charge >= 0.3 is 0 Å². The van der Waals surface area contributed by atoms with Crippen LogP contribution >= 0.6 is 0 Å². The molecule has 0 aliphatic heterocycles. The molecule has 0 radical (unpaired) electrons. The van der Waals surface area contributed by atoms with Crippen molar-refractivity contribution in [1.29, 1.82) is 0 Å². The summed E-state index contributed by atoms with van der Waals surface area (Å²) in [5.41, 5.74) is 0.458. The molecule has 0 saturated carbocycles. The summed E-state index contributed by atoms with van der Waals surface area (Å²) in [5.74, 6) is 0. The predicted octanol–water partition coefficient (Wildman–Crippen LogP) is 1.91. The van der Waals surface area contributed by atoms with Gasteiger partial charge in [-0.25, -0.2) is 0 Å². The van der Waals surface area contributed by atoms with E-state index in [0.717, 1.165) is 0 Å². The van der Waals surface area contributed by atoms with E-state index in [0.29, 0.717) is 12.0 Å². The molecule has 1 rings (SSSR count). The van der Waals surface area contributed by atoms with Crippen molar-refractivity contribution in [3.8, 4) is 0 Å². The molecule has 0 amide bonds. The third-order valence-electron chi connectivity index (χ3n) is 2.28. The van der Waals surface area contributed by atoms with Crippen molar-refractivity contribution in [2.75, 3.05) is 6.61 Å². The molecule has 0 bridgehead atoms. The van der Waals surface area contributed by atoms with Crippen LogP contribution in [0.2, 0.25) is 0 Å². The fraction of sp³-hybridized carbons (Fsp3) is 0.231. The standard InChI is InChI=1S/C13H15NO4/c15-10-4-3-6-12(16)9-8-11-5-1-2-7-13(11)14(17)18/h1-5,7-9,12,15-16H,6,10H2/b4-3-,9-8+/t12-/m1/s1. The fourth-order valence-electron chi connectivity index (χ4n) is 1.40. The third kappa shape index (κ3) is 4.48. The van der Waals surface area contributed by atoms with E-state index in [1.807, 2.05) is 0 Å². The van der Waals surface area contributed by atoms with E-state index in [2.05, 4.69) is 0 Å². The molecular formula is C13H15NO4. The molecule has 18 heavy (non-hydrogen) atoms. The van der Waals surface area contributed by atoms with Crippen molar-refractivity contribution in [1.82, 2.24) is 0 Å². The molecule has 0 fully saturated rings. The molecule has 5 heteroatoms. The Kier molecular flexibility index (Phi) is 5.76. The lowest BCUT2D eigenvalue weighted by Crippen LogP contribution is -1.99. The number of hydrogen-bond donors (Lipinski definition) is 2. The lowest BCUT2D eigenvalue weighted by molar-refractivity contribution is -0.385. The molecule has 1 aromatic rings. The molecule has 5 nitrogen and oxygen atoms in total. The Balaban J connectivity index is 2.72. The Morgan fingerprint density at radius 1 is 1.33 bits per heavy atom. The third-order valence-corrected chi connectivity index (χ3v) is 2.28. The Morgan fingerprint density at radius 3 is 2.72 bits per heavy atom. The number of para-hydroxylation sites is 1. The number of benzene rings is 1. The molecule has 1 atom stereocenters. The molecule has 96 valence electrons. The van der Waals surface area contributed by atoms with Crippen molar-refractivity contribution >= 4 is 11.8 Å². The van der Waals surface area contributed by atoms with Crippen LogP contribution in [0, 0.1) is 10.1 Å². The lowest BCUT2D eigenvalue weighted by atomic mass is 10.1. The summed E-state index contributed by atoms with van der Waals surface area (Å²) in [4.78, 5) is 10.3. The maximum absolute atomic E-state index is 10.7. The Hall–Kier alpha value is -1.98. The highest BCUT2D eigenvalue weighted by molar-refractivity contribution is 5.60. The Bertz CT molecular complexity index is 454. The zero-order valence-electron chi connectivity index (χ0n) is 9.77. The minimum Gasteiger partial charge on any atom is -0.392 e. The van der Waals surface area contributed by atoms with Crippen LogP contribution in [0.1, 0.15) is 12.0 Å². The van der Waals surface area contributed by atoms with Gasteiger partial charge in [0.2, 0.25) is 0 Å². The number of nitro benzene ring substituents is 1. The van der Waals surface area contributed by atoms with Crippen LogP contribution in [0.15, 0.2) is 42.5 Å². The normalized spacial score (nSPS) is 13.2. The highest BCUT2D eigenvalue weighted by atomic mass is 16.6. The van der Waals surface area contributed by atoms with Gasteiger partial charge in [-0.05, 0) is 18.6 Å². The summed E-state index contributed by atoms with van der Waals surface area (Å²) in [6.45, 7) is -0.0689. The molecule has 0 saturated heterocycles. The topological polar surface area (TPSA) is 83.6 Å². The van der Waals surface area contributed by atoms with Crippen LogP contribution in [0.25, 0.3) is 6.08 Å². The second-order valence-electron chi connectivity index (χ2n) is 3.63. The average molecular weight is 249 g/mol. The molecule has 0 aliphatic carbocycles. The van der Waals surface area contributed by atoms with Crippen molar-refractivity contribution in [3.63, 3.8) is 0 Å². The molecule has 0 spiro atoms. The molecule has 1 aromatic carbocycles. The van der Waals surface area contributed by atoms with Gasteiger partial charge in [-0.1, -0.05) is 30.4 Å². The van der Waals surface area contributed by atoms with Crippen molar-refractivity contribution < 1.29 is 15.1 Å². The summed E-state index contributed by atoms with van der Waals surface area (Å²) >= 11 is 0. The molecule has 0 unspecified atom stereocenters. The first-order valence-electron chi connectivity index (χ1n) is 5.50. The number of rotatable bonds is 6. The highest BCUT2D eigenvalue weighted by Gasteiger charge is 2.09. The van der Waals surface area contributed by atoms with E-state index < -0.39 is 11.0 Å². The molecule has 0 heterocycles. The van der Waals surface area contributed by atoms with Crippen molar-refractivity contribution in [2.24, 2.45) is 0 Å². The summed E-state index contributed by atoms with van der Waals surface area (Å²) in [5, 5.41) is 28.8. The molecule has 2 N–H and O–H groups in total. The van der Waals surface area contributed by atoms with Crippen LogP contribution in [0.3, 0.4) is 0 Å². The SMILES string of the molecule is O=[N+]([O-])c1ccccc1/C=C/[C@H](O)C/C=C\CO. The van der Waals surface area contributed by atoms with Gasteiger partial charge in [0.25, 0.3) is 5.69 Å².